The molecule has 0 spiro atoms. The highest BCUT2D eigenvalue weighted by atomic mass is 16.3. The third kappa shape index (κ3) is 3.07. The quantitative estimate of drug-likeness (QED) is 0.776. The highest BCUT2D eigenvalue weighted by Gasteiger charge is 2.29. The maximum absolute atomic E-state index is 9.88. The van der Waals surface area contributed by atoms with E-state index in [0.29, 0.717) is 11.8 Å². The number of piperidine rings is 1. The van der Waals surface area contributed by atoms with Crippen molar-refractivity contribution in [1.29, 1.82) is 0 Å². The van der Waals surface area contributed by atoms with Gasteiger partial charge in [0.05, 0.1) is 11.7 Å². The number of aromatic amines is 1. The SMILES string of the molecule is OC[C@H]1CN(Cc2ccc3cn[nH]c3c2)CC[C@H]1c1ccccc1. The summed E-state index contributed by atoms with van der Waals surface area (Å²) < 4.78 is 0. The van der Waals surface area contributed by atoms with Gasteiger partial charge in [-0.1, -0.05) is 42.5 Å². The zero-order chi connectivity index (χ0) is 16.4. The minimum Gasteiger partial charge on any atom is -0.396 e. The van der Waals surface area contributed by atoms with Gasteiger partial charge >= 0.3 is 0 Å². The molecule has 2 atom stereocenters. The van der Waals surface area contributed by atoms with Crippen LogP contribution in [0, 0.1) is 5.92 Å². The van der Waals surface area contributed by atoms with Crippen molar-refractivity contribution in [3.05, 3.63) is 65.9 Å². The third-order valence-electron chi connectivity index (χ3n) is 5.19. The number of likely N-dealkylation sites (tertiary alicyclic amines) is 1. The van der Waals surface area contributed by atoms with Crippen LogP contribution in [0.15, 0.2) is 54.7 Å². The molecule has 0 aliphatic carbocycles. The molecular formula is C20H23N3O. The second kappa shape index (κ2) is 6.75. The van der Waals surface area contributed by atoms with E-state index in [1.807, 2.05) is 6.20 Å². The Morgan fingerprint density at radius 3 is 2.88 bits per heavy atom. The summed E-state index contributed by atoms with van der Waals surface area (Å²) >= 11 is 0. The Labute approximate surface area is 142 Å². The molecule has 2 heterocycles. The first kappa shape index (κ1) is 15.4. The number of rotatable bonds is 4. The van der Waals surface area contributed by atoms with Crippen molar-refractivity contribution in [1.82, 2.24) is 15.1 Å². The van der Waals surface area contributed by atoms with Crippen LogP contribution in [-0.4, -0.2) is 39.9 Å². The first-order chi connectivity index (χ1) is 11.8. The van der Waals surface area contributed by atoms with Crippen LogP contribution in [0.5, 0.6) is 0 Å². The number of aliphatic hydroxyl groups excluding tert-OH is 1. The highest BCUT2D eigenvalue weighted by Crippen LogP contribution is 2.33. The molecule has 1 saturated heterocycles. The van der Waals surface area contributed by atoms with E-state index in [0.717, 1.165) is 37.0 Å². The van der Waals surface area contributed by atoms with Gasteiger partial charge in [0, 0.05) is 31.0 Å². The second-order valence-electron chi connectivity index (χ2n) is 6.78. The first-order valence-electron chi connectivity index (χ1n) is 8.63. The number of nitrogens with one attached hydrogen (secondary N) is 1. The van der Waals surface area contributed by atoms with E-state index in [1.54, 1.807) is 0 Å². The van der Waals surface area contributed by atoms with Crippen molar-refractivity contribution in [2.24, 2.45) is 5.92 Å². The maximum atomic E-state index is 9.88. The van der Waals surface area contributed by atoms with E-state index in [-0.39, 0.29) is 6.61 Å². The Balaban J connectivity index is 1.46. The summed E-state index contributed by atoms with van der Waals surface area (Å²) in [5, 5.41) is 18.2. The van der Waals surface area contributed by atoms with E-state index in [1.165, 1.54) is 11.1 Å². The number of fused-ring (bicyclic) bond motifs is 1. The molecule has 0 radical (unpaired) electrons. The van der Waals surface area contributed by atoms with Gasteiger partial charge in [-0.2, -0.15) is 5.10 Å². The molecule has 0 unspecified atom stereocenters. The molecular weight excluding hydrogens is 298 g/mol. The van der Waals surface area contributed by atoms with Crippen molar-refractivity contribution in [3.8, 4) is 0 Å². The number of benzene rings is 2. The van der Waals surface area contributed by atoms with Gasteiger partial charge in [0.25, 0.3) is 0 Å². The number of aliphatic hydroxyl groups is 1. The van der Waals surface area contributed by atoms with Crippen molar-refractivity contribution in [3.63, 3.8) is 0 Å². The van der Waals surface area contributed by atoms with Gasteiger partial charge in [0.15, 0.2) is 0 Å². The fourth-order valence-electron chi connectivity index (χ4n) is 3.92. The van der Waals surface area contributed by atoms with Crippen molar-refractivity contribution < 1.29 is 5.11 Å². The molecule has 0 amide bonds. The number of aromatic nitrogens is 2. The lowest BCUT2D eigenvalue weighted by Gasteiger charge is -2.38. The Bertz CT molecular complexity index is 799. The minimum atomic E-state index is 0.246. The molecule has 1 aliphatic rings. The number of hydrogen-bond donors (Lipinski definition) is 2. The largest absolute Gasteiger partial charge is 0.396 e. The summed E-state index contributed by atoms with van der Waals surface area (Å²) in [4.78, 5) is 2.46. The fourth-order valence-corrected chi connectivity index (χ4v) is 3.92. The van der Waals surface area contributed by atoms with Crippen molar-refractivity contribution in [2.45, 2.75) is 18.9 Å². The van der Waals surface area contributed by atoms with E-state index >= 15 is 0 Å². The van der Waals surface area contributed by atoms with Crippen molar-refractivity contribution in [2.75, 3.05) is 19.7 Å². The lowest BCUT2D eigenvalue weighted by Crippen LogP contribution is -2.40. The monoisotopic (exact) mass is 321 g/mol. The first-order valence-corrected chi connectivity index (χ1v) is 8.63. The number of H-pyrrole nitrogens is 1. The second-order valence-corrected chi connectivity index (χ2v) is 6.78. The van der Waals surface area contributed by atoms with Gasteiger partial charge in [-0.3, -0.25) is 10.00 Å². The lowest BCUT2D eigenvalue weighted by atomic mass is 9.81. The zero-order valence-corrected chi connectivity index (χ0v) is 13.7. The van der Waals surface area contributed by atoms with Gasteiger partial charge < -0.3 is 5.11 Å². The summed E-state index contributed by atoms with van der Waals surface area (Å²) in [6.45, 7) is 3.18. The molecule has 124 valence electrons. The molecule has 24 heavy (non-hydrogen) atoms. The van der Waals surface area contributed by atoms with E-state index < -0.39 is 0 Å². The lowest BCUT2D eigenvalue weighted by molar-refractivity contribution is 0.0973. The standard InChI is InChI=1S/C20H23N3O/c24-14-18-13-23(9-8-19(18)16-4-2-1-3-5-16)12-15-6-7-17-11-21-22-20(17)10-15/h1-7,10-11,18-19,24H,8-9,12-14H2,(H,21,22)/t18-,19+/m1/s1. The smallest absolute Gasteiger partial charge is 0.0653 e. The molecule has 4 nitrogen and oxygen atoms in total. The van der Waals surface area contributed by atoms with Crippen LogP contribution in [0.25, 0.3) is 10.9 Å². The van der Waals surface area contributed by atoms with Gasteiger partial charge in [-0.25, -0.2) is 0 Å². The Kier molecular flexibility index (Phi) is 4.32. The Hall–Kier alpha value is -2.17. The summed E-state index contributed by atoms with van der Waals surface area (Å²) in [7, 11) is 0. The van der Waals surface area contributed by atoms with Crippen LogP contribution in [0.3, 0.4) is 0 Å². The normalized spacial score (nSPS) is 22.0. The van der Waals surface area contributed by atoms with Crippen LogP contribution < -0.4 is 0 Å². The van der Waals surface area contributed by atoms with E-state index in [4.69, 9.17) is 0 Å². The average Bonchev–Trinajstić information content (AvgIpc) is 3.10. The average molecular weight is 321 g/mol. The molecule has 3 aromatic rings. The van der Waals surface area contributed by atoms with Crippen LogP contribution >= 0.6 is 0 Å². The Morgan fingerprint density at radius 2 is 2.04 bits per heavy atom. The molecule has 2 aromatic carbocycles. The predicted molar refractivity (Wildman–Crippen MR) is 95.7 cm³/mol. The molecule has 4 heteroatoms. The molecule has 1 fully saturated rings. The number of hydrogen-bond acceptors (Lipinski definition) is 3. The highest BCUT2D eigenvalue weighted by molar-refractivity contribution is 5.78. The maximum Gasteiger partial charge on any atom is 0.0653 e. The third-order valence-corrected chi connectivity index (χ3v) is 5.19. The Morgan fingerprint density at radius 1 is 1.17 bits per heavy atom. The molecule has 2 N–H and O–H groups in total. The van der Waals surface area contributed by atoms with Crippen LogP contribution in [0.1, 0.15) is 23.5 Å². The van der Waals surface area contributed by atoms with Crippen molar-refractivity contribution >= 4 is 10.9 Å². The topological polar surface area (TPSA) is 52.1 Å². The zero-order valence-electron chi connectivity index (χ0n) is 13.7. The molecule has 0 saturated carbocycles. The molecule has 1 aliphatic heterocycles. The van der Waals surface area contributed by atoms with Gasteiger partial charge in [-0.05, 0) is 36.1 Å². The molecule has 1 aromatic heterocycles. The van der Waals surface area contributed by atoms with E-state index in [2.05, 4.69) is 63.6 Å². The van der Waals surface area contributed by atoms with Crippen LogP contribution in [-0.2, 0) is 6.54 Å². The van der Waals surface area contributed by atoms with Crippen LogP contribution in [0.4, 0.5) is 0 Å². The van der Waals surface area contributed by atoms with Gasteiger partial charge in [0.2, 0.25) is 0 Å². The molecule has 0 bridgehead atoms. The van der Waals surface area contributed by atoms with E-state index in [9.17, 15) is 5.11 Å². The summed E-state index contributed by atoms with van der Waals surface area (Å²) in [6, 6.07) is 17.1. The van der Waals surface area contributed by atoms with Gasteiger partial charge in [-0.15, -0.1) is 0 Å². The predicted octanol–water partition coefficient (Wildman–Crippen LogP) is 3.16. The summed E-state index contributed by atoms with van der Waals surface area (Å²) in [5.74, 6) is 0.763. The number of nitrogens with zero attached hydrogens (tertiary/aromatic N) is 2. The van der Waals surface area contributed by atoms with Crippen LogP contribution in [0.2, 0.25) is 0 Å². The summed E-state index contributed by atoms with van der Waals surface area (Å²) in [5.41, 5.74) is 3.74. The van der Waals surface area contributed by atoms with Gasteiger partial charge in [0.1, 0.15) is 0 Å². The fraction of sp³-hybridized carbons (Fsp3) is 0.350. The molecule has 4 rings (SSSR count). The minimum absolute atomic E-state index is 0.246. The summed E-state index contributed by atoms with van der Waals surface area (Å²) in [6.07, 6.45) is 2.95.